The van der Waals surface area contributed by atoms with E-state index < -0.39 is 5.60 Å². The molecule has 0 aliphatic carbocycles. The van der Waals surface area contributed by atoms with Gasteiger partial charge in [-0.25, -0.2) is 4.79 Å². The van der Waals surface area contributed by atoms with Crippen molar-refractivity contribution in [2.75, 3.05) is 6.54 Å². The molecule has 4 nitrogen and oxygen atoms in total. The van der Waals surface area contributed by atoms with Crippen LogP contribution in [0, 0.1) is 6.92 Å². The molecule has 1 atom stereocenters. The van der Waals surface area contributed by atoms with E-state index in [2.05, 4.69) is 62.6 Å². The van der Waals surface area contributed by atoms with Crippen LogP contribution in [0.15, 0.2) is 24.3 Å². The molecule has 24 heavy (non-hydrogen) atoms. The van der Waals surface area contributed by atoms with Crippen LogP contribution in [-0.2, 0) is 4.74 Å². The molecule has 1 aromatic carbocycles. The van der Waals surface area contributed by atoms with Gasteiger partial charge in [0.15, 0.2) is 0 Å². The molecule has 0 radical (unpaired) electrons. The van der Waals surface area contributed by atoms with Gasteiger partial charge in [-0.2, -0.15) is 0 Å². The summed E-state index contributed by atoms with van der Waals surface area (Å²) in [5, 5.41) is 6.65. The first-order chi connectivity index (χ1) is 11.1. The summed E-state index contributed by atoms with van der Waals surface area (Å²) in [6, 6.07) is 8.73. The molecule has 2 N–H and O–H groups in total. The number of nitrogens with one attached hydrogen (secondary N) is 2. The molecule has 1 amide bonds. The van der Waals surface area contributed by atoms with Gasteiger partial charge in [-0.05, 0) is 53.0 Å². The van der Waals surface area contributed by atoms with E-state index >= 15 is 0 Å². The molecule has 0 saturated heterocycles. The van der Waals surface area contributed by atoms with Gasteiger partial charge in [0, 0.05) is 12.6 Å². The molecule has 0 saturated carbocycles. The van der Waals surface area contributed by atoms with Crippen LogP contribution < -0.4 is 10.6 Å². The van der Waals surface area contributed by atoms with Gasteiger partial charge >= 0.3 is 6.09 Å². The standard InChI is InChI=1S/C20H34N2O2/c1-8-20(9-2,22-18(23)24-19(5,6)7)14-21-16(4)17-12-10-11-15(3)13-17/h10-13,16,21H,8-9,14H2,1-7H3,(H,22,23). The molecule has 0 fully saturated rings. The summed E-state index contributed by atoms with van der Waals surface area (Å²) in [6.45, 7) is 14.8. The lowest BCUT2D eigenvalue weighted by molar-refractivity contribution is 0.0444. The fourth-order valence-corrected chi connectivity index (χ4v) is 2.65. The van der Waals surface area contributed by atoms with Crippen molar-refractivity contribution >= 4 is 6.09 Å². The van der Waals surface area contributed by atoms with Crippen molar-refractivity contribution in [3.8, 4) is 0 Å². The molecular weight excluding hydrogens is 300 g/mol. The fourth-order valence-electron chi connectivity index (χ4n) is 2.65. The third-order valence-electron chi connectivity index (χ3n) is 4.41. The van der Waals surface area contributed by atoms with Gasteiger partial charge in [0.25, 0.3) is 0 Å². The second-order valence-electron chi connectivity index (χ2n) is 7.63. The maximum atomic E-state index is 12.2. The molecule has 1 unspecified atom stereocenters. The zero-order chi connectivity index (χ0) is 18.4. The fraction of sp³-hybridized carbons (Fsp3) is 0.650. The number of amides is 1. The zero-order valence-electron chi connectivity index (χ0n) is 16.3. The summed E-state index contributed by atoms with van der Waals surface area (Å²) in [5.74, 6) is 0. The van der Waals surface area contributed by atoms with E-state index in [1.807, 2.05) is 20.8 Å². The highest BCUT2D eigenvalue weighted by molar-refractivity contribution is 5.68. The molecule has 1 rings (SSSR count). The highest BCUT2D eigenvalue weighted by Gasteiger charge is 2.30. The predicted molar refractivity (Wildman–Crippen MR) is 100 cm³/mol. The van der Waals surface area contributed by atoms with Gasteiger partial charge in [0.05, 0.1) is 5.54 Å². The molecule has 136 valence electrons. The summed E-state index contributed by atoms with van der Waals surface area (Å²) in [5.41, 5.74) is 1.72. The van der Waals surface area contributed by atoms with Crippen LogP contribution in [0.4, 0.5) is 4.79 Å². The lowest BCUT2D eigenvalue weighted by Crippen LogP contribution is -2.55. The second-order valence-corrected chi connectivity index (χ2v) is 7.63. The van der Waals surface area contributed by atoms with Crippen molar-refractivity contribution in [3.63, 3.8) is 0 Å². The van der Waals surface area contributed by atoms with Crippen LogP contribution >= 0.6 is 0 Å². The monoisotopic (exact) mass is 334 g/mol. The average molecular weight is 335 g/mol. The minimum Gasteiger partial charge on any atom is -0.444 e. The summed E-state index contributed by atoms with van der Waals surface area (Å²) < 4.78 is 5.43. The van der Waals surface area contributed by atoms with E-state index in [0.717, 1.165) is 12.8 Å². The molecule has 0 aliphatic rings. The second kappa shape index (κ2) is 8.52. The quantitative estimate of drug-likeness (QED) is 0.758. The molecule has 0 spiro atoms. The van der Waals surface area contributed by atoms with Crippen LogP contribution in [0.1, 0.15) is 71.6 Å². The number of aryl methyl sites for hydroxylation is 1. The van der Waals surface area contributed by atoms with Crippen molar-refractivity contribution in [2.45, 2.75) is 78.5 Å². The molecule has 0 bridgehead atoms. The third kappa shape index (κ3) is 6.52. The zero-order valence-corrected chi connectivity index (χ0v) is 16.3. The van der Waals surface area contributed by atoms with E-state index in [-0.39, 0.29) is 17.7 Å². The molecule has 0 aliphatic heterocycles. The highest BCUT2D eigenvalue weighted by Crippen LogP contribution is 2.19. The number of rotatable bonds is 7. The Morgan fingerprint density at radius 2 is 1.83 bits per heavy atom. The van der Waals surface area contributed by atoms with E-state index in [1.165, 1.54) is 11.1 Å². The number of alkyl carbamates (subject to hydrolysis) is 1. The number of ether oxygens (including phenoxy) is 1. The Morgan fingerprint density at radius 1 is 1.21 bits per heavy atom. The normalized spacial score (nSPS) is 13.5. The van der Waals surface area contributed by atoms with E-state index in [9.17, 15) is 4.79 Å². The minimum atomic E-state index is -0.487. The van der Waals surface area contributed by atoms with Crippen LogP contribution in [0.2, 0.25) is 0 Å². The van der Waals surface area contributed by atoms with E-state index in [0.29, 0.717) is 6.54 Å². The van der Waals surface area contributed by atoms with Crippen LogP contribution in [-0.4, -0.2) is 23.8 Å². The smallest absolute Gasteiger partial charge is 0.408 e. The van der Waals surface area contributed by atoms with Crippen LogP contribution in [0.5, 0.6) is 0 Å². The highest BCUT2D eigenvalue weighted by atomic mass is 16.6. The number of benzene rings is 1. The van der Waals surface area contributed by atoms with Gasteiger partial charge in [-0.3, -0.25) is 0 Å². The Hall–Kier alpha value is -1.55. The van der Waals surface area contributed by atoms with Crippen molar-refractivity contribution in [1.82, 2.24) is 10.6 Å². The van der Waals surface area contributed by atoms with Gasteiger partial charge in [-0.1, -0.05) is 43.7 Å². The topological polar surface area (TPSA) is 50.4 Å². The average Bonchev–Trinajstić information content (AvgIpc) is 2.49. The first-order valence-electron chi connectivity index (χ1n) is 8.92. The molecular formula is C20H34N2O2. The lowest BCUT2D eigenvalue weighted by atomic mass is 9.92. The summed E-state index contributed by atoms with van der Waals surface area (Å²) in [4.78, 5) is 12.2. The lowest BCUT2D eigenvalue weighted by Gasteiger charge is -2.35. The van der Waals surface area contributed by atoms with Gasteiger partial charge in [0.1, 0.15) is 5.60 Å². The molecule has 1 aromatic rings. The predicted octanol–water partition coefficient (Wildman–Crippen LogP) is 4.73. The Labute approximate surface area is 147 Å². The largest absolute Gasteiger partial charge is 0.444 e. The van der Waals surface area contributed by atoms with Crippen LogP contribution in [0.3, 0.4) is 0 Å². The molecule has 0 heterocycles. The van der Waals surface area contributed by atoms with E-state index in [1.54, 1.807) is 0 Å². The number of hydrogen-bond donors (Lipinski definition) is 2. The Kier molecular flexibility index (Phi) is 7.27. The number of hydrogen-bond acceptors (Lipinski definition) is 3. The maximum Gasteiger partial charge on any atom is 0.408 e. The first-order valence-corrected chi connectivity index (χ1v) is 8.92. The first kappa shape index (κ1) is 20.5. The van der Waals surface area contributed by atoms with Crippen molar-refractivity contribution < 1.29 is 9.53 Å². The molecule has 4 heteroatoms. The van der Waals surface area contributed by atoms with Crippen LogP contribution in [0.25, 0.3) is 0 Å². The third-order valence-corrected chi connectivity index (χ3v) is 4.41. The Morgan fingerprint density at radius 3 is 2.33 bits per heavy atom. The number of carbonyl (C=O) groups excluding carboxylic acids is 1. The van der Waals surface area contributed by atoms with E-state index in [4.69, 9.17) is 4.74 Å². The van der Waals surface area contributed by atoms with Crippen molar-refractivity contribution in [2.24, 2.45) is 0 Å². The van der Waals surface area contributed by atoms with Crippen molar-refractivity contribution in [3.05, 3.63) is 35.4 Å². The Bertz CT molecular complexity index is 531. The Balaban J connectivity index is 2.72. The minimum absolute atomic E-state index is 0.225. The van der Waals surface area contributed by atoms with Gasteiger partial charge in [0.2, 0.25) is 0 Å². The summed E-state index contributed by atoms with van der Waals surface area (Å²) >= 11 is 0. The summed E-state index contributed by atoms with van der Waals surface area (Å²) in [6.07, 6.45) is 1.34. The van der Waals surface area contributed by atoms with Crippen molar-refractivity contribution in [1.29, 1.82) is 0 Å². The van der Waals surface area contributed by atoms with Gasteiger partial charge < -0.3 is 15.4 Å². The molecule has 0 aromatic heterocycles. The summed E-state index contributed by atoms with van der Waals surface area (Å²) in [7, 11) is 0. The number of carbonyl (C=O) groups is 1. The maximum absolute atomic E-state index is 12.2. The SMILES string of the molecule is CCC(CC)(CNC(C)c1cccc(C)c1)NC(=O)OC(C)(C)C. The van der Waals surface area contributed by atoms with Gasteiger partial charge in [-0.15, -0.1) is 0 Å².